The molecular formula is C22H20F7N3O4. The van der Waals surface area contributed by atoms with Gasteiger partial charge in [-0.05, 0) is 48.7 Å². The first kappa shape index (κ1) is 28.4. The number of hydrazone groups is 1. The number of allylic oxidation sites excluding steroid dienone is 1. The Bertz CT molecular complexity index is 1100. The van der Waals surface area contributed by atoms with E-state index in [0.29, 0.717) is 22.8 Å². The van der Waals surface area contributed by atoms with Gasteiger partial charge in [-0.1, -0.05) is 6.08 Å². The quantitative estimate of drug-likeness (QED) is 0.0919. The van der Waals surface area contributed by atoms with Crippen molar-refractivity contribution in [3.8, 4) is 11.5 Å². The van der Waals surface area contributed by atoms with Crippen molar-refractivity contribution in [2.75, 3.05) is 6.61 Å². The predicted octanol–water partition coefficient (Wildman–Crippen LogP) is 6.01. The van der Waals surface area contributed by atoms with Crippen LogP contribution >= 0.6 is 0 Å². The van der Waals surface area contributed by atoms with Crippen LogP contribution in [-0.4, -0.2) is 35.9 Å². The number of rotatable bonds is 12. The van der Waals surface area contributed by atoms with Crippen LogP contribution in [0.3, 0.4) is 0 Å². The Kier molecular flexibility index (Phi) is 8.89. The van der Waals surface area contributed by atoms with E-state index in [4.69, 9.17) is 9.47 Å². The van der Waals surface area contributed by atoms with E-state index in [0.717, 1.165) is 0 Å². The van der Waals surface area contributed by atoms with Gasteiger partial charge in [0.05, 0.1) is 17.7 Å². The van der Waals surface area contributed by atoms with Gasteiger partial charge in [0.1, 0.15) is 6.61 Å². The summed E-state index contributed by atoms with van der Waals surface area (Å²) in [6.45, 7) is 5.33. The highest BCUT2D eigenvalue weighted by Crippen LogP contribution is 2.45. The molecule has 0 aromatic heterocycles. The molecule has 0 saturated carbocycles. The third-order valence-corrected chi connectivity index (χ3v) is 4.52. The second-order valence-corrected chi connectivity index (χ2v) is 7.16. The SMILES string of the molecule is C=CCc1cc(/C=N/NC(F)(F)C(F)(F)C(F)(F)F)cc(OCC)c1OCc1ccc([N+](=O)[O-])cc1. The normalized spacial score (nSPS) is 12.4. The summed E-state index contributed by atoms with van der Waals surface area (Å²) in [7, 11) is 0. The third-order valence-electron chi connectivity index (χ3n) is 4.52. The molecule has 0 heterocycles. The monoisotopic (exact) mass is 523 g/mol. The molecule has 0 bridgehead atoms. The molecule has 0 amide bonds. The maximum absolute atomic E-state index is 13.4. The summed E-state index contributed by atoms with van der Waals surface area (Å²) < 4.78 is 101. The third kappa shape index (κ3) is 6.64. The van der Waals surface area contributed by atoms with Gasteiger partial charge >= 0.3 is 18.1 Å². The molecule has 0 aliphatic carbocycles. The minimum Gasteiger partial charge on any atom is -0.490 e. The summed E-state index contributed by atoms with van der Waals surface area (Å²) >= 11 is 0. The number of hydrogen-bond donors (Lipinski definition) is 1. The van der Waals surface area contributed by atoms with Crippen LogP contribution in [0.1, 0.15) is 23.6 Å². The van der Waals surface area contributed by atoms with Crippen molar-refractivity contribution in [2.24, 2.45) is 5.10 Å². The van der Waals surface area contributed by atoms with E-state index >= 15 is 0 Å². The first-order valence-corrected chi connectivity index (χ1v) is 10.1. The molecule has 0 unspecified atom stereocenters. The summed E-state index contributed by atoms with van der Waals surface area (Å²) in [5.74, 6) is -6.04. The van der Waals surface area contributed by atoms with Crippen LogP contribution < -0.4 is 14.9 Å². The van der Waals surface area contributed by atoms with E-state index < -0.39 is 23.1 Å². The summed E-state index contributed by atoms with van der Waals surface area (Å²) in [6, 6.07) is 2.45. The number of benzene rings is 2. The fourth-order valence-electron chi connectivity index (χ4n) is 2.80. The minimum atomic E-state index is -6.50. The largest absolute Gasteiger partial charge is 0.490 e. The molecule has 2 aromatic carbocycles. The highest BCUT2D eigenvalue weighted by Gasteiger charge is 2.73. The van der Waals surface area contributed by atoms with E-state index in [2.05, 4.69) is 11.7 Å². The zero-order valence-corrected chi connectivity index (χ0v) is 18.6. The average Bonchev–Trinajstić information content (AvgIpc) is 2.78. The van der Waals surface area contributed by atoms with E-state index in [1.165, 1.54) is 42.5 Å². The van der Waals surface area contributed by atoms with Crippen molar-refractivity contribution in [3.63, 3.8) is 0 Å². The second-order valence-electron chi connectivity index (χ2n) is 7.16. The molecule has 196 valence electrons. The standard InChI is InChI=1S/C22H20F7N3O4/c1-3-5-16-10-15(12-30-31-22(28,29)20(23,24)21(25,26)27)11-18(35-4-2)19(16)36-13-14-6-8-17(9-7-14)32(33)34/h3,6-12,31H,1,4-5,13H2,2H3/b30-12+. The first-order chi connectivity index (χ1) is 16.7. The highest BCUT2D eigenvalue weighted by molar-refractivity contribution is 5.81. The molecule has 2 aromatic rings. The zero-order valence-electron chi connectivity index (χ0n) is 18.6. The zero-order chi connectivity index (χ0) is 27.1. The molecule has 0 fully saturated rings. The molecule has 1 N–H and O–H groups in total. The number of ether oxygens (including phenoxy) is 2. The Balaban J connectivity index is 2.31. The fourth-order valence-corrected chi connectivity index (χ4v) is 2.80. The van der Waals surface area contributed by atoms with Gasteiger partial charge in [0, 0.05) is 17.7 Å². The van der Waals surface area contributed by atoms with Gasteiger partial charge in [-0.3, -0.25) is 10.1 Å². The minimum absolute atomic E-state index is 0.0246. The Hall–Kier alpha value is -3.84. The number of nitro benzene ring substituents is 1. The smallest absolute Gasteiger partial charge is 0.462 e. The van der Waals surface area contributed by atoms with Crippen molar-refractivity contribution in [1.82, 2.24) is 5.43 Å². The van der Waals surface area contributed by atoms with Crippen molar-refractivity contribution in [2.45, 2.75) is 38.1 Å². The predicted molar refractivity (Wildman–Crippen MR) is 116 cm³/mol. The number of hydrogen-bond acceptors (Lipinski definition) is 6. The van der Waals surface area contributed by atoms with Gasteiger partial charge in [0.15, 0.2) is 11.5 Å². The van der Waals surface area contributed by atoms with Gasteiger partial charge < -0.3 is 9.47 Å². The van der Waals surface area contributed by atoms with E-state index in [9.17, 15) is 40.8 Å². The van der Waals surface area contributed by atoms with Crippen LogP contribution in [0.2, 0.25) is 0 Å². The van der Waals surface area contributed by atoms with Crippen LogP contribution in [0.15, 0.2) is 54.2 Å². The second kappa shape index (κ2) is 11.3. The van der Waals surface area contributed by atoms with Crippen LogP contribution in [0, 0.1) is 10.1 Å². The topological polar surface area (TPSA) is 86.0 Å². The molecule has 7 nitrogen and oxygen atoms in total. The van der Waals surface area contributed by atoms with E-state index in [1.54, 1.807) is 6.92 Å². The maximum Gasteiger partial charge on any atom is 0.462 e. The van der Waals surface area contributed by atoms with Gasteiger partial charge in [-0.25, -0.2) is 5.43 Å². The molecule has 0 atom stereocenters. The lowest BCUT2D eigenvalue weighted by Crippen LogP contribution is -2.58. The van der Waals surface area contributed by atoms with Crippen molar-refractivity contribution >= 4 is 11.9 Å². The van der Waals surface area contributed by atoms with Crippen LogP contribution in [0.5, 0.6) is 11.5 Å². The number of alkyl halides is 7. The molecule has 0 radical (unpaired) electrons. The molecule has 0 aliphatic heterocycles. The summed E-state index contributed by atoms with van der Waals surface area (Å²) in [5.41, 5.74) is 1.46. The van der Waals surface area contributed by atoms with E-state index in [1.807, 2.05) is 0 Å². The number of non-ortho nitro benzene ring substituents is 1. The van der Waals surface area contributed by atoms with Gasteiger partial charge in [-0.15, -0.1) is 6.58 Å². The van der Waals surface area contributed by atoms with E-state index in [-0.39, 0.29) is 42.4 Å². The Morgan fingerprint density at radius 3 is 2.25 bits per heavy atom. The van der Waals surface area contributed by atoms with Crippen molar-refractivity contribution in [1.29, 1.82) is 0 Å². The summed E-state index contributed by atoms with van der Waals surface area (Å²) in [4.78, 5) is 10.2. The van der Waals surface area contributed by atoms with Crippen molar-refractivity contribution in [3.05, 3.63) is 75.9 Å². The van der Waals surface area contributed by atoms with Crippen LogP contribution in [-0.2, 0) is 13.0 Å². The lowest BCUT2D eigenvalue weighted by atomic mass is 10.1. The van der Waals surface area contributed by atoms with Crippen LogP contribution in [0.25, 0.3) is 0 Å². The van der Waals surface area contributed by atoms with Gasteiger partial charge in [0.2, 0.25) is 0 Å². The Morgan fingerprint density at radius 1 is 1.08 bits per heavy atom. The molecule has 2 rings (SSSR count). The number of nitrogens with zero attached hydrogens (tertiary/aromatic N) is 2. The molecule has 0 saturated heterocycles. The van der Waals surface area contributed by atoms with Gasteiger partial charge in [-0.2, -0.15) is 35.8 Å². The van der Waals surface area contributed by atoms with Gasteiger partial charge in [0.25, 0.3) is 5.69 Å². The lowest BCUT2D eigenvalue weighted by Gasteiger charge is -2.27. The highest BCUT2D eigenvalue weighted by atomic mass is 19.4. The number of nitro groups is 1. The Labute approximate surface area is 200 Å². The fraction of sp³-hybridized carbons (Fsp3) is 0.318. The molecular weight excluding hydrogens is 503 g/mol. The first-order valence-electron chi connectivity index (χ1n) is 10.1. The van der Waals surface area contributed by atoms with Crippen molar-refractivity contribution < 1.29 is 45.1 Å². The maximum atomic E-state index is 13.4. The summed E-state index contributed by atoms with van der Waals surface area (Å²) in [6.07, 6.45) is -4.23. The van der Waals surface area contributed by atoms with Crippen LogP contribution in [0.4, 0.5) is 36.4 Å². The Morgan fingerprint density at radius 2 is 1.72 bits per heavy atom. The average molecular weight is 523 g/mol. The molecule has 0 spiro atoms. The molecule has 0 aliphatic rings. The molecule has 36 heavy (non-hydrogen) atoms. The lowest BCUT2D eigenvalue weighted by molar-refractivity contribution is -0.384. The number of nitrogens with one attached hydrogen (secondary N) is 1. The summed E-state index contributed by atoms with van der Waals surface area (Å²) in [5, 5.41) is 13.6. The number of halogens is 7. The molecule has 14 heteroatoms.